The van der Waals surface area contributed by atoms with Gasteiger partial charge in [0.2, 0.25) is 0 Å². The van der Waals surface area contributed by atoms with Gasteiger partial charge < -0.3 is 33.8 Å². The summed E-state index contributed by atoms with van der Waals surface area (Å²) in [4.78, 5) is 73.1. The first-order valence-electron chi connectivity index (χ1n) is 44.2. The summed E-state index contributed by atoms with van der Waals surface area (Å²) in [6.07, 6.45) is 64.1. The molecule has 0 aromatic rings. The Morgan fingerprint density at radius 1 is 0.267 bits per heavy atom. The van der Waals surface area contributed by atoms with Crippen LogP contribution in [0, 0.1) is 23.7 Å². The SMILES string of the molecule is CCC(C)CCCCCCCCCCCCC(=O)OC[C@H](COP(=O)(O)OCC(O)COP(=O)(O)OC[C@@H](COC(=O)CCCCCCCCC(C)C)OC(=O)CCCCCCCCCCCCCCCCCCCCC(C)C)OC(=O)CCCCCCCCCCCCCCCCCCCCC(C)C. The Bertz CT molecular complexity index is 2040. The van der Waals surface area contributed by atoms with Crippen LogP contribution in [-0.2, 0) is 65.4 Å². The number of aliphatic hydroxyl groups excluding tert-OH is 1. The van der Waals surface area contributed by atoms with E-state index < -0.39 is 97.5 Å². The molecule has 0 amide bonds. The maximum atomic E-state index is 13.1. The van der Waals surface area contributed by atoms with E-state index in [-0.39, 0.29) is 25.7 Å². The number of rotatable bonds is 83. The molecule has 624 valence electrons. The van der Waals surface area contributed by atoms with Crippen LogP contribution < -0.4 is 0 Å². The van der Waals surface area contributed by atoms with Crippen molar-refractivity contribution in [1.29, 1.82) is 0 Å². The molecule has 0 aromatic heterocycles. The molecule has 0 aliphatic rings. The zero-order valence-electron chi connectivity index (χ0n) is 69.4. The Morgan fingerprint density at radius 2 is 0.457 bits per heavy atom. The molecule has 0 radical (unpaired) electrons. The zero-order chi connectivity index (χ0) is 77.4. The lowest BCUT2D eigenvalue weighted by atomic mass is 9.99. The first-order valence-corrected chi connectivity index (χ1v) is 47.2. The third-order valence-electron chi connectivity index (χ3n) is 20.4. The van der Waals surface area contributed by atoms with Gasteiger partial charge in [-0.15, -0.1) is 0 Å². The summed E-state index contributed by atoms with van der Waals surface area (Å²) >= 11 is 0. The molecule has 0 aromatic carbocycles. The van der Waals surface area contributed by atoms with E-state index in [1.807, 2.05) is 0 Å². The van der Waals surface area contributed by atoms with Crippen molar-refractivity contribution in [1.82, 2.24) is 0 Å². The average molecular weight is 1540 g/mol. The number of carbonyl (C=O) groups excluding carboxylic acids is 4. The van der Waals surface area contributed by atoms with Crippen molar-refractivity contribution in [3.63, 3.8) is 0 Å². The van der Waals surface area contributed by atoms with E-state index in [1.165, 1.54) is 244 Å². The first kappa shape index (κ1) is 103. The van der Waals surface area contributed by atoms with Crippen molar-refractivity contribution in [2.75, 3.05) is 39.6 Å². The van der Waals surface area contributed by atoms with Crippen LogP contribution in [0.15, 0.2) is 0 Å². The Hall–Kier alpha value is -1.94. The van der Waals surface area contributed by atoms with Crippen molar-refractivity contribution in [2.24, 2.45) is 23.7 Å². The number of esters is 4. The highest BCUT2D eigenvalue weighted by atomic mass is 31.2. The molecule has 0 saturated carbocycles. The van der Waals surface area contributed by atoms with Crippen molar-refractivity contribution >= 4 is 39.5 Å². The normalized spacial score (nSPS) is 14.2. The van der Waals surface area contributed by atoms with Gasteiger partial charge in [-0.2, -0.15) is 0 Å². The fourth-order valence-corrected chi connectivity index (χ4v) is 14.9. The molecule has 0 aliphatic carbocycles. The molecule has 105 heavy (non-hydrogen) atoms. The Labute approximate surface area is 645 Å². The molecule has 0 heterocycles. The van der Waals surface area contributed by atoms with Crippen LogP contribution >= 0.6 is 15.6 Å². The van der Waals surface area contributed by atoms with E-state index in [9.17, 15) is 43.2 Å². The van der Waals surface area contributed by atoms with Crippen LogP contribution in [0.2, 0.25) is 0 Å². The second kappa shape index (κ2) is 74.8. The molecular formula is C86H168O17P2. The van der Waals surface area contributed by atoms with Crippen molar-refractivity contribution in [2.45, 2.75) is 465 Å². The van der Waals surface area contributed by atoms with E-state index in [0.717, 1.165) is 114 Å². The highest BCUT2D eigenvalue weighted by molar-refractivity contribution is 7.47. The molecule has 19 heteroatoms. The van der Waals surface area contributed by atoms with Gasteiger partial charge in [-0.25, -0.2) is 9.13 Å². The van der Waals surface area contributed by atoms with Crippen LogP contribution in [-0.4, -0.2) is 96.7 Å². The highest BCUT2D eigenvalue weighted by Crippen LogP contribution is 2.45. The average Bonchev–Trinajstić information content (AvgIpc) is 0.913. The monoisotopic (exact) mass is 1540 g/mol. The third kappa shape index (κ3) is 78.5. The maximum Gasteiger partial charge on any atom is 0.472 e. The highest BCUT2D eigenvalue weighted by Gasteiger charge is 2.31. The van der Waals surface area contributed by atoms with Gasteiger partial charge in [-0.3, -0.25) is 37.3 Å². The van der Waals surface area contributed by atoms with E-state index in [2.05, 4.69) is 55.4 Å². The Kier molecular flexibility index (Phi) is 73.4. The molecule has 6 atom stereocenters. The zero-order valence-corrected chi connectivity index (χ0v) is 71.2. The molecule has 17 nitrogen and oxygen atoms in total. The maximum absolute atomic E-state index is 13.1. The minimum absolute atomic E-state index is 0.107. The number of carbonyl (C=O) groups is 4. The lowest BCUT2D eigenvalue weighted by Crippen LogP contribution is -2.30. The number of aliphatic hydroxyl groups is 1. The number of hydrogen-bond donors (Lipinski definition) is 3. The van der Waals surface area contributed by atoms with E-state index in [0.29, 0.717) is 31.6 Å². The Balaban J connectivity index is 5.18. The number of phosphoric ester groups is 2. The Morgan fingerprint density at radius 3 is 0.676 bits per heavy atom. The van der Waals surface area contributed by atoms with Gasteiger partial charge in [0, 0.05) is 25.7 Å². The minimum Gasteiger partial charge on any atom is -0.462 e. The summed E-state index contributed by atoms with van der Waals surface area (Å²) in [6, 6.07) is 0. The summed E-state index contributed by atoms with van der Waals surface area (Å²) in [5.41, 5.74) is 0. The molecule has 4 unspecified atom stereocenters. The van der Waals surface area contributed by atoms with Gasteiger partial charge in [-0.1, -0.05) is 396 Å². The van der Waals surface area contributed by atoms with Crippen LogP contribution in [0.3, 0.4) is 0 Å². The van der Waals surface area contributed by atoms with E-state index in [1.54, 1.807) is 0 Å². The second-order valence-electron chi connectivity index (χ2n) is 32.6. The van der Waals surface area contributed by atoms with E-state index >= 15 is 0 Å². The first-order chi connectivity index (χ1) is 50.6. The quantitative estimate of drug-likeness (QED) is 0.0222. The third-order valence-corrected chi connectivity index (χ3v) is 22.3. The fourth-order valence-electron chi connectivity index (χ4n) is 13.3. The summed E-state index contributed by atoms with van der Waals surface area (Å²) in [5, 5.41) is 10.7. The standard InChI is InChI=1S/C86H168O17P2/c1-9-79(8)65-57-49-40-34-30-31-35-41-50-58-66-83(88)96-72-81(102-85(90)68-60-52-42-36-28-24-20-16-12-10-14-18-22-26-32-38-46-54-62-76(2)3)74-100-104(92,93)98-70-80(87)71-99-105(94,95)101-75-82(73-97-84(89)67-59-51-45-44-48-56-64-78(6)7)103-86(91)69-61-53-43-37-29-25-21-17-13-11-15-19-23-27-33-39-47-55-63-77(4)5/h76-82,87H,9-75H2,1-8H3,(H,92,93)(H,94,95)/t79?,80?,81-,82-/m1/s1. The summed E-state index contributed by atoms with van der Waals surface area (Å²) < 4.78 is 68.8. The lowest BCUT2D eigenvalue weighted by Gasteiger charge is -2.21. The van der Waals surface area contributed by atoms with Gasteiger partial charge in [-0.05, 0) is 49.4 Å². The predicted molar refractivity (Wildman–Crippen MR) is 432 cm³/mol. The van der Waals surface area contributed by atoms with Crippen LogP contribution in [0.1, 0.15) is 447 Å². The topological polar surface area (TPSA) is 237 Å². The molecular weight excluding hydrogens is 1370 g/mol. The number of hydrogen-bond acceptors (Lipinski definition) is 15. The van der Waals surface area contributed by atoms with Crippen molar-refractivity contribution in [3.05, 3.63) is 0 Å². The molecule has 0 rings (SSSR count). The van der Waals surface area contributed by atoms with Gasteiger partial charge in [0.05, 0.1) is 26.4 Å². The molecule has 3 N–H and O–H groups in total. The molecule has 0 aliphatic heterocycles. The number of phosphoric acid groups is 2. The van der Waals surface area contributed by atoms with Crippen LogP contribution in [0.25, 0.3) is 0 Å². The van der Waals surface area contributed by atoms with Crippen molar-refractivity contribution < 1.29 is 80.2 Å². The van der Waals surface area contributed by atoms with Gasteiger partial charge in [0.25, 0.3) is 0 Å². The summed E-state index contributed by atoms with van der Waals surface area (Å²) in [5.74, 6) is 1.02. The molecule has 0 spiro atoms. The number of ether oxygens (including phenoxy) is 4. The van der Waals surface area contributed by atoms with Gasteiger partial charge in [0.1, 0.15) is 19.3 Å². The lowest BCUT2D eigenvalue weighted by molar-refractivity contribution is -0.161. The minimum atomic E-state index is -4.97. The summed E-state index contributed by atoms with van der Waals surface area (Å²) in [6.45, 7) is 14.3. The van der Waals surface area contributed by atoms with Crippen LogP contribution in [0.5, 0.6) is 0 Å². The smallest absolute Gasteiger partial charge is 0.462 e. The number of unbranched alkanes of at least 4 members (excludes halogenated alkanes) is 48. The summed E-state index contributed by atoms with van der Waals surface area (Å²) in [7, 11) is -9.93. The largest absolute Gasteiger partial charge is 0.472 e. The fraction of sp³-hybridized carbons (Fsp3) is 0.953. The predicted octanol–water partition coefficient (Wildman–Crippen LogP) is 25.9. The molecule has 0 saturated heterocycles. The van der Waals surface area contributed by atoms with Gasteiger partial charge >= 0.3 is 39.5 Å². The molecule has 0 bridgehead atoms. The second-order valence-corrected chi connectivity index (χ2v) is 35.5. The molecule has 0 fully saturated rings. The van der Waals surface area contributed by atoms with Gasteiger partial charge in [0.15, 0.2) is 12.2 Å². The van der Waals surface area contributed by atoms with Crippen molar-refractivity contribution in [3.8, 4) is 0 Å². The van der Waals surface area contributed by atoms with Crippen LogP contribution in [0.4, 0.5) is 0 Å². The van der Waals surface area contributed by atoms with E-state index in [4.69, 9.17) is 37.0 Å².